The van der Waals surface area contributed by atoms with Crippen LogP contribution in [0.1, 0.15) is 206 Å². The van der Waals surface area contributed by atoms with E-state index in [-0.39, 0.29) is 55.6 Å². The Morgan fingerprint density at radius 2 is 1.15 bits per heavy atom. The highest BCUT2D eigenvalue weighted by atomic mass is 16.6. The molecule has 8 heteroatoms. The number of ketones is 1. The molecule has 1 aliphatic carbocycles. The normalized spacial score (nSPS) is 18.6. The monoisotopic (exact) mass is 737 g/mol. The smallest absolute Gasteiger partial charge is 0.306 e. The highest BCUT2D eigenvalue weighted by Gasteiger charge is 2.39. The molecule has 0 saturated heterocycles. The average molecular weight is 737 g/mol. The molecule has 0 bridgehead atoms. The van der Waals surface area contributed by atoms with E-state index in [2.05, 4.69) is 13.8 Å². The Balaban J connectivity index is 2.02. The molecule has 0 heterocycles. The lowest BCUT2D eigenvalue weighted by Gasteiger charge is -2.19. The number of aliphatic hydroxyl groups excluding tert-OH is 3. The minimum Gasteiger partial charge on any atom is -0.462 e. The Morgan fingerprint density at radius 3 is 1.67 bits per heavy atom. The van der Waals surface area contributed by atoms with Gasteiger partial charge in [0, 0.05) is 25.2 Å². The summed E-state index contributed by atoms with van der Waals surface area (Å²) in [5.74, 6) is -1.18. The first-order chi connectivity index (χ1) is 25.3. The summed E-state index contributed by atoms with van der Waals surface area (Å²) in [7, 11) is 0. The van der Waals surface area contributed by atoms with Gasteiger partial charge >= 0.3 is 11.9 Å². The van der Waals surface area contributed by atoms with E-state index in [4.69, 9.17) is 9.47 Å². The molecule has 8 nitrogen and oxygen atoms in total. The van der Waals surface area contributed by atoms with Crippen LogP contribution in [-0.4, -0.2) is 64.6 Å². The van der Waals surface area contributed by atoms with Crippen LogP contribution in [0, 0.1) is 11.8 Å². The van der Waals surface area contributed by atoms with Crippen molar-refractivity contribution in [3.8, 4) is 0 Å². The predicted octanol–water partition coefficient (Wildman–Crippen LogP) is 10.3. The zero-order valence-corrected chi connectivity index (χ0v) is 33.6. The summed E-state index contributed by atoms with van der Waals surface area (Å²) in [5, 5.41) is 30.3. The topological polar surface area (TPSA) is 130 Å². The van der Waals surface area contributed by atoms with Crippen molar-refractivity contribution in [2.45, 2.75) is 225 Å². The molecule has 0 aromatic carbocycles. The lowest BCUT2D eigenvalue weighted by Crippen LogP contribution is -2.28. The summed E-state index contributed by atoms with van der Waals surface area (Å²) in [6.45, 7) is 3.86. The lowest BCUT2D eigenvalue weighted by molar-refractivity contribution is -0.161. The number of esters is 2. The van der Waals surface area contributed by atoms with E-state index in [0.29, 0.717) is 19.3 Å². The minimum atomic E-state index is -0.841. The molecule has 5 atom stereocenters. The number of rotatable bonds is 36. The second-order valence-corrected chi connectivity index (χ2v) is 15.6. The Bertz CT molecular complexity index is 905. The summed E-state index contributed by atoms with van der Waals surface area (Å²) >= 11 is 0. The maximum atomic E-state index is 12.4. The maximum absolute atomic E-state index is 12.4. The number of Topliss-reactive ketones (excluding diaryl/α,β-unsaturated/α-hetero) is 1. The van der Waals surface area contributed by atoms with Crippen molar-refractivity contribution in [2.75, 3.05) is 13.2 Å². The molecule has 0 aromatic heterocycles. The van der Waals surface area contributed by atoms with Crippen LogP contribution >= 0.6 is 0 Å². The zero-order valence-electron chi connectivity index (χ0n) is 33.6. The molecule has 3 N–H and O–H groups in total. The van der Waals surface area contributed by atoms with Crippen LogP contribution in [0.15, 0.2) is 12.2 Å². The number of carbonyl (C=O) groups excluding carboxylic acids is 3. The van der Waals surface area contributed by atoms with Crippen molar-refractivity contribution in [2.24, 2.45) is 11.8 Å². The lowest BCUT2D eigenvalue weighted by atomic mass is 9.88. The first-order valence-electron chi connectivity index (χ1n) is 21.8. The van der Waals surface area contributed by atoms with Gasteiger partial charge in [0.1, 0.15) is 12.4 Å². The van der Waals surface area contributed by atoms with Crippen LogP contribution in [0.3, 0.4) is 0 Å². The Morgan fingerprint density at radius 1 is 0.692 bits per heavy atom. The summed E-state index contributed by atoms with van der Waals surface area (Å²) < 4.78 is 10.6. The van der Waals surface area contributed by atoms with Crippen LogP contribution in [-0.2, 0) is 23.9 Å². The molecule has 52 heavy (non-hydrogen) atoms. The Kier molecular flexibility index (Phi) is 31.3. The van der Waals surface area contributed by atoms with E-state index in [9.17, 15) is 29.7 Å². The third kappa shape index (κ3) is 26.1. The minimum absolute atomic E-state index is 0.0368. The first-order valence-corrected chi connectivity index (χ1v) is 21.8. The van der Waals surface area contributed by atoms with E-state index >= 15 is 0 Å². The molecule has 0 spiro atoms. The van der Waals surface area contributed by atoms with Crippen molar-refractivity contribution >= 4 is 17.7 Å². The number of hydrogen-bond acceptors (Lipinski definition) is 8. The van der Waals surface area contributed by atoms with Crippen LogP contribution in [0.25, 0.3) is 0 Å². The number of carbonyl (C=O) groups is 3. The molecule has 0 aliphatic heterocycles. The fraction of sp³-hybridized carbons (Fsp3) is 0.886. The number of aliphatic hydroxyl groups is 3. The van der Waals surface area contributed by atoms with Gasteiger partial charge in [-0.1, -0.05) is 174 Å². The number of hydrogen-bond donors (Lipinski definition) is 3. The fourth-order valence-electron chi connectivity index (χ4n) is 7.34. The van der Waals surface area contributed by atoms with E-state index in [0.717, 1.165) is 64.2 Å². The van der Waals surface area contributed by atoms with Crippen molar-refractivity contribution in [3.63, 3.8) is 0 Å². The zero-order chi connectivity index (χ0) is 38.1. The molecule has 0 unspecified atom stereocenters. The van der Waals surface area contributed by atoms with Gasteiger partial charge in [-0.15, -0.1) is 0 Å². The number of allylic oxidation sites excluding steroid dienone is 1. The summed E-state index contributed by atoms with van der Waals surface area (Å²) in [6.07, 6.45) is 33.2. The van der Waals surface area contributed by atoms with Crippen LogP contribution in [0.4, 0.5) is 0 Å². The molecule has 304 valence electrons. The first kappa shape index (κ1) is 48.2. The Labute approximate surface area is 318 Å². The van der Waals surface area contributed by atoms with Crippen molar-refractivity contribution in [1.82, 2.24) is 0 Å². The van der Waals surface area contributed by atoms with Gasteiger partial charge in [-0.2, -0.15) is 0 Å². The molecule has 0 radical (unpaired) electrons. The average Bonchev–Trinajstić information content (AvgIpc) is 3.40. The molecular formula is C44H80O8. The van der Waals surface area contributed by atoms with Crippen LogP contribution in [0.2, 0.25) is 0 Å². The third-order valence-corrected chi connectivity index (χ3v) is 10.7. The van der Waals surface area contributed by atoms with Gasteiger partial charge in [0.2, 0.25) is 0 Å². The standard InChI is InChI=1S/C44H80O8/c1-3-5-7-8-9-10-11-12-13-14-15-16-17-18-19-20-21-27-31-44(50)52-38(35-45)36-51-43(49)30-26-23-22-25-29-39-40(42(48)34-41(39)47)33-32-37(46)28-24-6-4-2/h32-33,37-41,45-47H,3-31,34-36H2,1-2H3/b33-32+/t37-,38-,39+,40+,41-/m0/s1. The highest BCUT2D eigenvalue weighted by molar-refractivity contribution is 5.86. The molecule has 1 aliphatic rings. The molecule has 1 saturated carbocycles. The quantitative estimate of drug-likeness (QED) is 0.0329. The number of ether oxygens (including phenoxy) is 2. The van der Waals surface area contributed by atoms with Gasteiger partial charge in [-0.05, 0) is 31.6 Å². The van der Waals surface area contributed by atoms with Crippen molar-refractivity contribution < 1.29 is 39.2 Å². The molecule has 1 fully saturated rings. The summed E-state index contributed by atoms with van der Waals surface area (Å²) in [6, 6.07) is 0. The second-order valence-electron chi connectivity index (χ2n) is 15.6. The predicted molar refractivity (Wildman–Crippen MR) is 211 cm³/mol. The largest absolute Gasteiger partial charge is 0.462 e. The van der Waals surface area contributed by atoms with Gasteiger partial charge in [-0.25, -0.2) is 0 Å². The second kappa shape index (κ2) is 33.8. The number of unbranched alkanes of at least 4 members (excludes halogenated alkanes) is 22. The van der Waals surface area contributed by atoms with Crippen molar-refractivity contribution in [3.05, 3.63) is 12.2 Å². The van der Waals surface area contributed by atoms with Gasteiger partial charge in [0.25, 0.3) is 0 Å². The fourth-order valence-corrected chi connectivity index (χ4v) is 7.34. The van der Waals surface area contributed by atoms with E-state index in [1.807, 2.05) is 0 Å². The molecule has 1 rings (SSSR count). The van der Waals surface area contributed by atoms with Gasteiger partial charge in [0.05, 0.1) is 18.8 Å². The molecular weight excluding hydrogens is 656 g/mol. The maximum Gasteiger partial charge on any atom is 0.306 e. The van der Waals surface area contributed by atoms with E-state index < -0.39 is 18.3 Å². The van der Waals surface area contributed by atoms with E-state index in [1.54, 1.807) is 12.2 Å². The SMILES string of the molecule is CCCCCCCCCCCCCCCCCCCCC(=O)O[C@@H](CO)COC(=O)CCCCCC[C@H]1[C@@H](O)CC(=O)[C@@H]1/C=C/[C@@H](O)CCCCC. The van der Waals surface area contributed by atoms with Crippen molar-refractivity contribution in [1.29, 1.82) is 0 Å². The van der Waals surface area contributed by atoms with Crippen LogP contribution in [0.5, 0.6) is 0 Å². The summed E-state index contributed by atoms with van der Waals surface area (Å²) in [4.78, 5) is 36.9. The highest BCUT2D eigenvalue weighted by Crippen LogP contribution is 2.34. The van der Waals surface area contributed by atoms with Crippen LogP contribution < -0.4 is 0 Å². The third-order valence-electron chi connectivity index (χ3n) is 10.7. The van der Waals surface area contributed by atoms with Gasteiger partial charge < -0.3 is 24.8 Å². The van der Waals surface area contributed by atoms with Gasteiger partial charge in [-0.3, -0.25) is 14.4 Å². The molecule has 0 amide bonds. The molecule has 0 aromatic rings. The summed E-state index contributed by atoms with van der Waals surface area (Å²) in [5.41, 5.74) is 0. The Hall–Kier alpha value is -1.77. The van der Waals surface area contributed by atoms with E-state index in [1.165, 1.54) is 96.3 Å². The van der Waals surface area contributed by atoms with Gasteiger partial charge in [0.15, 0.2) is 6.10 Å².